The number of hydrogen-bond donors (Lipinski definition) is 1. The van der Waals surface area contributed by atoms with E-state index in [1.54, 1.807) is 11.1 Å². The van der Waals surface area contributed by atoms with Crippen molar-refractivity contribution in [1.82, 2.24) is 14.3 Å². The lowest BCUT2D eigenvalue weighted by molar-refractivity contribution is -0.137. The Morgan fingerprint density at radius 1 is 1.19 bits per heavy atom. The maximum atomic E-state index is 13.0. The van der Waals surface area contributed by atoms with Gasteiger partial charge in [-0.1, -0.05) is 30.3 Å². The Bertz CT molecular complexity index is 918. The van der Waals surface area contributed by atoms with Gasteiger partial charge in [0, 0.05) is 31.9 Å². The highest BCUT2D eigenvalue weighted by Gasteiger charge is 2.19. The van der Waals surface area contributed by atoms with E-state index >= 15 is 0 Å². The number of fused-ring (bicyclic) bond motifs is 1. The van der Waals surface area contributed by atoms with Crippen molar-refractivity contribution in [2.24, 2.45) is 0 Å². The van der Waals surface area contributed by atoms with Crippen molar-refractivity contribution in [1.29, 1.82) is 0 Å². The number of carboxylic acids is 1. The number of benzene rings is 1. The van der Waals surface area contributed by atoms with Gasteiger partial charge in [-0.15, -0.1) is 0 Å². The lowest BCUT2D eigenvalue weighted by Gasteiger charge is -2.21. The highest BCUT2D eigenvalue weighted by Crippen LogP contribution is 2.13. The van der Waals surface area contributed by atoms with Crippen LogP contribution in [0.2, 0.25) is 0 Å². The van der Waals surface area contributed by atoms with Crippen molar-refractivity contribution < 1.29 is 14.7 Å². The van der Waals surface area contributed by atoms with E-state index in [0.717, 1.165) is 16.8 Å². The molecular weight excluding hydrogens is 330 g/mol. The molecule has 0 fully saturated rings. The van der Waals surface area contributed by atoms with Gasteiger partial charge in [-0.25, -0.2) is 4.98 Å². The number of hydrogen-bond acceptors (Lipinski definition) is 3. The third kappa shape index (κ3) is 4.27. The molecule has 3 aromatic rings. The Hall–Kier alpha value is -3.15. The smallest absolute Gasteiger partial charge is 0.303 e. The van der Waals surface area contributed by atoms with Crippen LogP contribution < -0.4 is 0 Å². The molecule has 2 aromatic heterocycles. The van der Waals surface area contributed by atoms with Crippen molar-refractivity contribution in [2.45, 2.75) is 26.3 Å². The Morgan fingerprint density at radius 3 is 2.69 bits per heavy atom. The van der Waals surface area contributed by atoms with Gasteiger partial charge in [0.15, 0.2) is 0 Å². The summed E-state index contributed by atoms with van der Waals surface area (Å²) in [5.41, 5.74) is 3.15. The SMILES string of the molecule is Cc1ccn2cc(C(=O)N(CCCC(=O)O)Cc3ccccc3)nc2c1. The van der Waals surface area contributed by atoms with E-state index in [4.69, 9.17) is 5.11 Å². The number of pyridine rings is 1. The molecule has 0 saturated carbocycles. The third-order valence-electron chi connectivity index (χ3n) is 4.16. The Morgan fingerprint density at radius 2 is 1.96 bits per heavy atom. The first-order valence-electron chi connectivity index (χ1n) is 8.53. The van der Waals surface area contributed by atoms with Crippen molar-refractivity contribution in [3.8, 4) is 0 Å². The summed E-state index contributed by atoms with van der Waals surface area (Å²) in [6.07, 6.45) is 4.02. The molecule has 1 aromatic carbocycles. The largest absolute Gasteiger partial charge is 0.481 e. The van der Waals surface area contributed by atoms with Crippen LogP contribution >= 0.6 is 0 Å². The van der Waals surface area contributed by atoms with Gasteiger partial charge in [-0.2, -0.15) is 0 Å². The molecule has 0 spiro atoms. The second-order valence-corrected chi connectivity index (χ2v) is 6.31. The number of aromatic nitrogens is 2. The molecule has 1 N–H and O–H groups in total. The summed E-state index contributed by atoms with van der Waals surface area (Å²) in [7, 11) is 0. The quantitative estimate of drug-likeness (QED) is 0.709. The van der Waals surface area contributed by atoms with Crippen LogP contribution in [0.4, 0.5) is 0 Å². The van der Waals surface area contributed by atoms with Crippen LogP contribution in [0.3, 0.4) is 0 Å². The molecule has 0 bridgehead atoms. The van der Waals surface area contributed by atoms with E-state index in [-0.39, 0.29) is 12.3 Å². The van der Waals surface area contributed by atoms with E-state index < -0.39 is 5.97 Å². The normalized spacial score (nSPS) is 10.8. The second-order valence-electron chi connectivity index (χ2n) is 6.31. The standard InChI is InChI=1S/C20H21N3O3/c1-15-9-11-22-14-17(21-18(22)12-15)20(26)23(10-5-8-19(24)25)13-16-6-3-2-4-7-16/h2-4,6-7,9,11-12,14H,5,8,10,13H2,1H3,(H,24,25). The average Bonchev–Trinajstić information content (AvgIpc) is 3.04. The number of carboxylic acid groups (broad SMARTS) is 1. The summed E-state index contributed by atoms with van der Waals surface area (Å²) in [5.74, 6) is -1.05. The minimum Gasteiger partial charge on any atom is -0.481 e. The molecular formula is C20H21N3O3. The maximum absolute atomic E-state index is 13.0. The van der Waals surface area contributed by atoms with Crippen molar-refractivity contribution in [3.05, 3.63) is 71.7 Å². The number of carbonyl (C=O) groups is 2. The third-order valence-corrected chi connectivity index (χ3v) is 4.16. The van der Waals surface area contributed by atoms with E-state index in [9.17, 15) is 9.59 Å². The van der Waals surface area contributed by atoms with Gasteiger partial charge in [-0.05, 0) is 36.6 Å². The molecule has 0 atom stereocenters. The summed E-state index contributed by atoms with van der Waals surface area (Å²) in [4.78, 5) is 29.9. The molecule has 0 aliphatic heterocycles. The lowest BCUT2D eigenvalue weighted by Crippen LogP contribution is -2.32. The molecule has 0 radical (unpaired) electrons. The minimum atomic E-state index is -0.861. The van der Waals surface area contributed by atoms with E-state index in [2.05, 4.69) is 4.98 Å². The molecule has 0 aliphatic rings. The summed E-state index contributed by atoms with van der Waals surface area (Å²) in [6, 6.07) is 13.5. The topological polar surface area (TPSA) is 74.9 Å². The Labute approximate surface area is 151 Å². The average molecular weight is 351 g/mol. The highest BCUT2D eigenvalue weighted by molar-refractivity contribution is 5.93. The molecule has 2 heterocycles. The van der Waals surface area contributed by atoms with E-state index in [0.29, 0.717) is 25.2 Å². The van der Waals surface area contributed by atoms with Crippen LogP contribution in [0, 0.1) is 6.92 Å². The zero-order valence-electron chi connectivity index (χ0n) is 14.6. The van der Waals surface area contributed by atoms with Crippen LogP contribution in [0.5, 0.6) is 0 Å². The predicted molar refractivity (Wildman–Crippen MR) is 98.0 cm³/mol. The van der Waals surface area contributed by atoms with Crippen LogP contribution in [0.1, 0.15) is 34.5 Å². The van der Waals surface area contributed by atoms with Crippen molar-refractivity contribution >= 4 is 17.5 Å². The number of imidazole rings is 1. The summed E-state index contributed by atoms with van der Waals surface area (Å²) < 4.78 is 1.82. The fraction of sp³-hybridized carbons (Fsp3) is 0.250. The zero-order valence-corrected chi connectivity index (χ0v) is 14.6. The highest BCUT2D eigenvalue weighted by atomic mass is 16.4. The molecule has 0 saturated heterocycles. The van der Waals surface area contributed by atoms with E-state index in [1.165, 1.54) is 0 Å². The first kappa shape index (κ1) is 17.7. The number of rotatable bonds is 7. The van der Waals surface area contributed by atoms with Crippen LogP contribution in [-0.2, 0) is 11.3 Å². The number of aliphatic carboxylic acids is 1. The van der Waals surface area contributed by atoms with Crippen molar-refractivity contribution in [2.75, 3.05) is 6.54 Å². The maximum Gasteiger partial charge on any atom is 0.303 e. The molecule has 0 unspecified atom stereocenters. The van der Waals surface area contributed by atoms with Gasteiger partial charge < -0.3 is 14.4 Å². The van der Waals surface area contributed by atoms with Crippen molar-refractivity contribution in [3.63, 3.8) is 0 Å². The van der Waals surface area contributed by atoms with Gasteiger partial charge in [0.05, 0.1) is 0 Å². The first-order valence-corrected chi connectivity index (χ1v) is 8.53. The van der Waals surface area contributed by atoms with Crippen LogP contribution in [-0.4, -0.2) is 37.8 Å². The number of amides is 1. The van der Waals surface area contributed by atoms with Gasteiger partial charge in [-0.3, -0.25) is 9.59 Å². The molecule has 0 aliphatic carbocycles. The van der Waals surface area contributed by atoms with Gasteiger partial charge in [0.25, 0.3) is 5.91 Å². The number of aryl methyl sites for hydroxylation is 1. The molecule has 6 heteroatoms. The second kappa shape index (κ2) is 7.82. The van der Waals surface area contributed by atoms with Gasteiger partial charge in [0.2, 0.25) is 0 Å². The fourth-order valence-corrected chi connectivity index (χ4v) is 2.83. The first-order chi connectivity index (χ1) is 12.5. The van der Waals surface area contributed by atoms with Gasteiger partial charge in [0.1, 0.15) is 11.3 Å². The minimum absolute atomic E-state index is 0.0307. The molecule has 6 nitrogen and oxygen atoms in total. The summed E-state index contributed by atoms with van der Waals surface area (Å²) in [5, 5.41) is 8.87. The molecule has 134 valence electrons. The molecule has 26 heavy (non-hydrogen) atoms. The Kier molecular flexibility index (Phi) is 5.31. The number of carbonyl (C=O) groups excluding carboxylic acids is 1. The van der Waals surface area contributed by atoms with Crippen LogP contribution in [0.25, 0.3) is 5.65 Å². The number of nitrogens with zero attached hydrogens (tertiary/aromatic N) is 3. The fourth-order valence-electron chi connectivity index (χ4n) is 2.83. The van der Waals surface area contributed by atoms with E-state index in [1.807, 2.05) is 60.0 Å². The monoisotopic (exact) mass is 351 g/mol. The molecule has 1 amide bonds. The van der Waals surface area contributed by atoms with Gasteiger partial charge >= 0.3 is 5.97 Å². The summed E-state index contributed by atoms with van der Waals surface area (Å²) >= 11 is 0. The van der Waals surface area contributed by atoms with Crippen LogP contribution in [0.15, 0.2) is 54.9 Å². The Balaban J connectivity index is 1.82. The zero-order chi connectivity index (χ0) is 18.5. The molecule has 3 rings (SSSR count). The summed E-state index contributed by atoms with van der Waals surface area (Å²) in [6.45, 7) is 2.77. The lowest BCUT2D eigenvalue weighted by atomic mass is 10.2. The predicted octanol–water partition coefficient (Wildman–Crippen LogP) is 3.15.